The van der Waals surface area contributed by atoms with Gasteiger partial charge in [-0.15, -0.1) is 0 Å². The Labute approximate surface area is 66.3 Å². The number of carbonyl (C=O) groups is 1. The quantitative estimate of drug-likeness (QED) is 0.558. The first-order chi connectivity index (χ1) is 5.27. The summed E-state index contributed by atoms with van der Waals surface area (Å²) in [7, 11) is 0. The highest BCUT2D eigenvalue weighted by Crippen LogP contribution is 2.35. The molecule has 1 heterocycles. The zero-order valence-corrected chi connectivity index (χ0v) is 6.55. The van der Waals surface area contributed by atoms with Crippen LogP contribution in [0.25, 0.3) is 0 Å². The zero-order chi connectivity index (χ0) is 7.84. The van der Waals surface area contributed by atoms with Crippen LogP contribution in [0.15, 0.2) is 0 Å². The molecule has 0 aromatic carbocycles. The smallest absolute Gasteiger partial charge is 0.237 e. The first kappa shape index (κ1) is 7.10. The number of nitrogens with one attached hydrogen (secondary N) is 1. The van der Waals surface area contributed by atoms with Crippen molar-refractivity contribution in [3.05, 3.63) is 0 Å². The number of hydrogen-bond donors (Lipinski definition) is 2. The lowest BCUT2D eigenvalue weighted by atomic mass is 9.97. The molecule has 1 aliphatic heterocycles. The summed E-state index contributed by atoms with van der Waals surface area (Å²) in [5.74, 6) is 0.819. The Bertz CT molecular complexity index is 177. The number of piperidine rings is 1. The molecule has 2 aliphatic rings. The lowest BCUT2D eigenvalue weighted by molar-refractivity contribution is -0.124. The van der Waals surface area contributed by atoms with Crippen molar-refractivity contribution in [2.24, 2.45) is 11.7 Å². The van der Waals surface area contributed by atoms with E-state index in [2.05, 4.69) is 5.32 Å². The van der Waals surface area contributed by atoms with Crippen LogP contribution in [0.2, 0.25) is 0 Å². The van der Waals surface area contributed by atoms with Crippen molar-refractivity contribution in [1.29, 1.82) is 0 Å². The van der Waals surface area contributed by atoms with Gasteiger partial charge in [0.25, 0.3) is 0 Å². The largest absolute Gasteiger partial charge is 0.352 e. The van der Waals surface area contributed by atoms with Crippen LogP contribution in [0, 0.1) is 5.92 Å². The highest BCUT2D eigenvalue weighted by atomic mass is 16.2. The van der Waals surface area contributed by atoms with Crippen LogP contribution in [0.4, 0.5) is 0 Å². The molecule has 3 N–H and O–H groups in total. The highest BCUT2D eigenvalue weighted by Gasteiger charge is 2.35. The monoisotopic (exact) mass is 154 g/mol. The topological polar surface area (TPSA) is 55.1 Å². The zero-order valence-electron chi connectivity index (χ0n) is 6.55. The minimum absolute atomic E-state index is 0.0492. The highest BCUT2D eigenvalue weighted by molar-refractivity contribution is 5.82. The second-order valence-corrected chi connectivity index (χ2v) is 3.64. The van der Waals surface area contributed by atoms with Gasteiger partial charge in [0.15, 0.2) is 0 Å². The fraction of sp³-hybridized carbons (Fsp3) is 0.875. The summed E-state index contributed by atoms with van der Waals surface area (Å²) < 4.78 is 0. The van der Waals surface area contributed by atoms with Gasteiger partial charge >= 0.3 is 0 Å². The number of amides is 1. The Morgan fingerprint density at radius 2 is 2.00 bits per heavy atom. The van der Waals surface area contributed by atoms with Gasteiger partial charge in [-0.2, -0.15) is 0 Å². The van der Waals surface area contributed by atoms with Crippen LogP contribution in [0.1, 0.15) is 25.7 Å². The lowest BCUT2D eigenvalue weighted by Crippen LogP contribution is -2.51. The van der Waals surface area contributed by atoms with Gasteiger partial charge in [0.05, 0.1) is 6.04 Å². The average Bonchev–Trinajstić information content (AvgIpc) is 2.77. The van der Waals surface area contributed by atoms with Gasteiger partial charge in [0.1, 0.15) is 0 Å². The SMILES string of the molecule is NC1CCC(C2CC2)NC1=O. The van der Waals surface area contributed by atoms with Crippen molar-refractivity contribution in [2.45, 2.75) is 37.8 Å². The molecule has 1 saturated heterocycles. The molecule has 0 radical (unpaired) electrons. The molecule has 1 aliphatic carbocycles. The van der Waals surface area contributed by atoms with E-state index in [1.165, 1.54) is 12.8 Å². The Morgan fingerprint density at radius 1 is 1.27 bits per heavy atom. The maximum Gasteiger partial charge on any atom is 0.237 e. The third-order valence-electron chi connectivity index (χ3n) is 2.64. The van der Waals surface area contributed by atoms with Gasteiger partial charge in [0, 0.05) is 6.04 Å². The van der Waals surface area contributed by atoms with E-state index in [-0.39, 0.29) is 11.9 Å². The number of rotatable bonds is 1. The summed E-state index contributed by atoms with van der Waals surface area (Å²) in [6, 6.07) is 0.201. The molecular formula is C8H14N2O. The molecular weight excluding hydrogens is 140 g/mol. The van der Waals surface area contributed by atoms with E-state index in [4.69, 9.17) is 5.73 Å². The summed E-state index contributed by atoms with van der Waals surface area (Å²) in [4.78, 5) is 11.1. The van der Waals surface area contributed by atoms with Crippen molar-refractivity contribution >= 4 is 5.91 Å². The van der Waals surface area contributed by atoms with E-state index in [0.29, 0.717) is 6.04 Å². The maximum atomic E-state index is 11.1. The van der Waals surface area contributed by atoms with Gasteiger partial charge in [0.2, 0.25) is 5.91 Å². The first-order valence-corrected chi connectivity index (χ1v) is 4.33. The molecule has 2 atom stereocenters. The molecule has 0 spiro atoms. The van der Waals surface area contributed by atoms with E-state index in [9.17, 15) is 4.79 Å². The van der Waals surface area contributed by atoms with E-state index in [1.54, 1.807) is 0 Å². The van der Waals surface area contributed by atoms with Gasteiger partial charge in [-0.05, 0) is 31.6 Å². The van der Waals surface area contributed by atoms with Crippen LogP contribution < -0.4 is 11.1 Å². The predicted octanol–water partition coefficient (Wildman–Crippen LogP) is 0.00230. The van der Waals surface area contributed by atoms with Crippen molar-refractivity contribution in [1.82, 2.24) is 5.32 Å². The van der Waals surface area contributed by atoms with E-state index in [0.717, 1.165) is 18.8 Å². The van der Waals surface area contributed by atoms with E-state index < -0.39 is 0 Å². The normalized spacial score (nSPS) is 38.5. The van der Waals surface area contributed by atoms with E-state index >= 15 is 0 Å². The first-order valence-electron chi connectivity index (χ1n) is 4.33. The summed E-state index contributed by atoms with van der Waals surface area (Å²) in [6.07, 6.45) is 4.53. The van der Waals surface area contributed by atoms with E-state index in [1.807, 2.05) is 0 Å². The van der Waals surface area contributed by atoms with Crippen molar-refractivity contribution in [3.8, 4) is 0 Å². The summed E-state index contributed by atoms with van der Waals surface area (Å²) in [5.41, 5.74) is 5.55. The Hall–Kier alpha value is -0.570. The Morgan fingerprint density at radius 3 is 2.55 bits per heavy atom. The molecule has 11 heavy (non-hydrogen) atoms. The summed E-state index contributed by atoms with van der Waals surface area (Å²) in [6.45, 7) is 0. The molecule has 3 nitrogen and oxygen atoms in total. The van der Waals surface area contributed by atoms with Gasteiger partial charge < -0.3 is 11.1 Å². The number of nitrogens with two attached hydrogens (primary N) is 1. The molecule has 0 bridgehead atoms. The molecule has 2 unspecified atom stereocenters. The van der Waals surface area contributed by atoms with Gasteiger partial charge in [-0.1, -0.05) is 0 Å². The predicted molar refractivity (Wildman–Crippen MR) is 41.9 cm³/mol. The third kappa shape index (κ3) is 1.38. The Kier molecular flexibility index (Phi) is 1.60. The molecule has 1 amide bonds. The van der Waals surface area contributed by atoms with Crippen LogP contribution in [0.5, 0.6) is 0 Å². The van der Waals surface area contributed by atoms with Crippen LogP contribution in [0.3, 0.4) is 0 Å². The lowest BCUT2D eigenvalue weighted by Gasteiger charge is -2.26. The maximum absolute atomic E-state index is 11.1. The summed E-state index contributed by atoms with van der Waals surface area (Å²) in [5, 5.41) is 2.96. The minimum Gasteiger partial charge on any atom is -0.352 e. The van der Waals surface area contributed by atoms with Gasteiger partial charge in [-0.25, -0.2) is 0 Å². The fourth-order valence-corrected chi connectivity index (χ4v) is 1.70. The van der Waals surface area contributed by atoms with Crippen LogP contribution >= 0.6 is 0 Å². The van der Waals surface area contributed by atoms with Gasteiger partial charge in [-0.3, -0.25) is 4.79 Å². The second-order valence-electron chi connectivity index (χ2n) is 3.64. The number of hydrogen-bond acceptors (Lipinski definition) is 2. The molecule has 2 fully saturated rings. The minimum atomic E-state index is -0.245. The van der Waals surface area contributed by atoms with Crippen LogP contribution in [-0.2, 0) is 4.79 Å². The Balaban J connectivity index is 1.91. The molecule has 0 aromatic heterocycles. The van der Waals surface area contributed by atoms with Crippen molar-refractivity contribution < 1.29 is 4.79 Å². The van der Waals surface area contributed by atoms with Crippen molar-refractivity contribution in [3.63, 3.8) is 0 Å². The number of carbonyl (C=O) groups excluding carboxylic acids is 1. The average molecular weight is 154 g/mol. The molecule has 62 valence electrons. The molecule has 0 aromatic rings. The molecule has 1 saturated carbocycles. The second kappa shape index (κ2) is 2.48. The fourth-order valence-electron chi connectivity index (χ4n) is 1.70. The van der Waals surface area contributed by atoms with Crippen molar-refractivity contribution in [2.75, 3.05) is 0 Å². The molecule has 3 heteroatoms. The van der Waals surface area contributed by atoms with Crippen LogP contribution in [-0.4, -0.2) is 18.0 Å². The third-order valence-corrected chi connectivity index (χ3v) is 2.64. The molecule has 2 rings (SSSR count). The summed E-state index contributed by atoms with van der Waals surface area (Å²) >= 11 is 0. The standard InChI is InChI=1S/C8H14N2O/c9-6-3-4-7(5-1-2-5)10-8(6)11/h5-7H,1-4,9H2,(H,10,11).